The second kappa shape index (κ2) is 3.96. The predicted molar refractivity (Wildman–Crippen MR) is 65.8 cm³/mol. The summed E-state index contributed by atoms with van der Waals surface area (Å²) in [6.45, 7) is 0. The van der Waals surface area contributed by atoms with Crippen molar-refractivity contribution < 1.29 is 9.90 Å². The lowest BCUT2D eigenvalue weighted by molar-refractivity contribution is 0.0697. The molecule has 1 aromatic carbocycles. The van der Waals surface area contributed by atoms with E-state index in [4.69, 9.17) is 5.11 Å². The van der Waals surface area contributed by atoms with Crippen LogP contribution in [-0.2, 0) is 0 Å². The number of rotatable bonds is 2. The van der Waals surface area contributed by atoms with Crippen LogP contribution in [0.5, 0.6) is 0 Å². The average molecular weight is 239 g/mol. The number of carboxylic acids is 1. The molecule has 5 heteroatoms. The molecule has 2 heterocycles. The number of hydrogen-bond acceptors (Lipinski definition) is 3. The zero-order valence-corrected chi connectivity index (χ0v) is 9.32. The predicted octanol–water partition coefficient (Wildman–Crippen LogP) is 2.12. The van der Waals surface area contributed by atoms with Gasteiger partial charge in [0.1, 0.15) is 0 Å². The summed E-state index contributed by atoms with van der Waals surface area (Å²) in [7, 11) is 0. The highest BCUT2D eigenvalue weighted by molar-refractivity contribution is 5.88. The first-order valence-corrected chi connectivity index (χ1v) is 5.37. The number of benzene rings is 1. The summed E-state index contributed by atoms with van der Waals surface area (Å²) < 4.78 is 1.75. The first-order chi connectivity index (χ1) is 8.75. The van der Waals surface area contributed by atoms with E-state index in [9.17, 15) is 4.79 Å². The number of carboxylic acid groups (broad SMARTS) is 1. The lowest BCUT2D eigenvalue weighted by Gasteiger charge is -2.03. The Hall–Kier alpha value is -2.69. The van der Waals surface area contributed by atoms with Crippen molar-refractivity contribution >= 4 is 16.9 Å². The number of fused-ring (bicyclic) bond motifs is 1. The molecule has 0 aliphatic rings. The number of hydrogen-bond donors (Lipinski definition) is 1. The number of nitrogens with zero attached hydrogens (tertiary/aromatic N) is 3. The van der Waals surface area contributed by atoms with Gasteiger partial charge in [-0.25, -0.2) is 9.48 Å². The van der Waals surface area contributed by atoms with E-state index in [0.717, 1.165) is 16.6 Å². The van der Waals surface area contributed by atoms with Crippen molar-refractivity contribution in [2.45, 2.75) is 0 Å². The Morgan fingerprint density at radius 2 is 1.89 bits per heavy atom. The van der Waals surface area contributed by atoms with Crippen molar-refractivity contribution in [2.24, 2.45) is 0 Å². The molecule has 0 fully saturated rings. The molecular formula is C13H9N3O2. The summed E-state index contributed by atoms with van der Waals surface area (Å²) in [5.41, 5.74) is 2.02. The highest BCUT2D eigenvalue weighted by atomic mass is 16.4. The van der Waals surface area contributed by atoms with Gasteiger partial charge in [0.15, 0.2) is 0 Å². The zero-order valence-electron chi connectivity index (χ0n) is 9.32. The summed E-state index contributed by atoms with van der Waals surface area (Å²) in [4.78, 5) is 14.8. The van der Waals surface area contributed by atoms with Crippen LogP contribution < -0.4 is 0 Å². The first kappa shape index (κ1) is 10.5. The molecule has 0 saturated carbocycles. The molecule has 0 atom stereocenters. The summed E-state index contributed by atoms with van der Waals surface area (Å²) in [6, 6.07) is 8.46. The molecule has 0 radical (unpaired) electrons. The zero-order chi connectivity index (χ0) is 12.5. The molecule has 0 saturated heterocycles. The van der Waals surface area contributed by atoms with E-state index in [2.05, 4.69) is 10.1 Å². The van der Waals surface area contributed by atoms with Gasteiger partial charge in [-0.15, -0.1) is 0 Å². The van der Waals surface area contributed by atoms with Gasteiger partial charge < -0.3 is 5.11 Å². The quantitative estimate of drug-likeness (QED) is 0.743. The SMILES string of the molecule is O=C(O)c1ccc(-n2ncc3cnccc32)cc1. The van der Waals surface area contributed by atoms with Crippen LogP contribution in [0.3, 0.4) is 0 Å². The monoisotopic (exact) mass is 239 g/mol. The smallest absolute Gasteiger partial charge is 0.335 e. The van der Waals surface area contributed by atoms with Crippen molar-refractivity contribution in [1.82, 2.24) is 14.8 Å². The average Bonchev–Trinajstić information content (AvgIpc) is 2.82. The Morgan fingerprint density at radius 3 is 2.61 bits per heavy atom. The van der Waals surface area contributed by atoms with Gasteiger partial charge in [-0.1, -0.05) is 0 Å². The second-order valence-electron chi connectivity index (χ2n) is 3.84. The van der Waals surface area contributed by atoms with Gasteiger partial charge in [-0.05, 0) is 30.3 Å². The minimum Gasteiger partial charge on any atom is -0.478 e. The van der Waals surface area contributed by atoms with Crippen LogP contribution in [0.2, 0.25) is 0 Å². The van der Waals surface area contributed by atoms with E-state index < -0.39 is 5.97 Å². The van der Waals surface area contributed by atoms with E-state index in [1.165, 1.54) is 0 Å². The standard InChI is InChI=1S/C13H9N3O2/c17-13(18)9-1-3-11(4-2-9)16-12-5-6-14-7-10(12)8-15-16/h1-8H,(H,17,18). The van der Waals surface area contributed by atoms with Crippen LogP contribution in [0.4, 0.5) is 0 Å². The minimum absolute atomic E-state index is 0.261. The topological polar surface area (TPSA) is 68.0 Å². The van der Waals surface area contributed by atoms with Gasteiger partial charge in [-0.2, -0.15) is 5.10 Å². The molecule has 2 aromatic heterocycles. The normalized spacial score (nSPS) is 10.7. The maximum atomic E-state index is 10.8. The minimum atomic E-state index is -0.934. The van der Waals surface area contributed by atoms with Crippen molar-refractivity contribution in [1.29, 1.82) is 0 Å². The molecule has 0 aliphatic carbocycles. The maximum absolute atomic E-state index is 10.8. The Morgan fingerprint density at radius 1 is 1.11 bits per heavy atom. The molecule has 0 spiro atoms. The van der Waals surface area contributed by atoms with Gasteiger partial charge in [0.05, 0.1) is 23.0 Å². The van der Waals surface area contributed by atoms with Crippen LogP contribution >= 0.6 is 0 Å². The lowest BCUT2D eigenvalue weighted by atomic mass is 10.2. The number of aromatic nitrogens is 3. The highest BCUT2D eigenvalue weighted by Crippen LogP contribution is 2.17. The Kier molecular flexibility index (Phi) is 2.30. The van der Waals surface area contributed by atoms with Gasteiger partial charge in [0.25, 0.3) is 0 Å². The molecule has 3 rings (SSSR count). The number of pyridine rings is 1. The van der Waals surface area contributed by atoms with Crippen LogP contribution in [-0.4, -0.2) is 25.8 Å². The number of carbonyl (C=O) groups is 1. The van der Waals surface area contributed by atoms with Crippen LogP contribution in [0.25, 0.3) is 16.6 Å². The molecule has 0 aliphatic heterocycles. The molecule has 18 heavy (non-hydrogen) atoms. The molecule has 0 bridgehead atoms. The summed E-state index contributed by atoms with van der Waals surface area (Å²) in [5.74, 6) is -0.934. The maximum Gasteiger partial charge on any atom is 0.335 e. The van der Waals surface area contributed by atoms with Crippen LogP contribution in [0.15, 0.2) is 48.9 Å². The van der Waals surface area contributed by atoms with E-state index in [0.29, 0.717) is 0 Å². The fraction of sp³-hybridized carbons (Fsp3) is 0. The van der Waals surface area contributed by atoms with Crippen LogP contribution in [0, 0.1) is 0 Å². The van der Waals surface area contributed by atoms with E-state index >= 15 is 0 Å². The van der Waals surface area contributed by atoms with Crippen molar-refractivity contribution in [2.75, 3.05) is 0 Å². The molecule has 88 valence electrons. The van der Waals surface area contributed by atoms with Crippen molar-refractivity contribution in [3.8, 4) is 5.69 Å². The summed E-state index contributed by atoms with van der Waals surface area (Å²) in [5, 5.41) is 14.1. The fourth-order valence-electron chi connectivity index (χ4n) is 1.82. The first-order valence-electron chi connectivity index (χ1n) is 5.37. The summed E-state index contributed by atoms with van der Waals surface area (Å²) >= 11 is 0. The molecule has 5 nitrogen and oxygen atoms in total. The molecule has 0 unspecified atom stereocenters. The molecule has 3 aromatic rings. The molecule has 1 N–H and O–H groups in total. The van der Waals surface area contributed by atoms with Crippen molar-refractivity contribution in [3.05, 3.63) is 54.5 Å². The van der Waals surface area contributed by atoms with Gasteiger partial charge in [0, 0.05) is 17.8 Å². The van der Waals surface area contributed by atoms with E-state index in [1.54, 1.807) is 47.5 Å². The Balaban J connectivity index is 2.12. The van der Waals surface area contributed by atoms with Gasteiger partial charge >= 0.3 is 5.97 Å². The Labute approximate surface area is 102 Å². The van der Waals surface area contributed by atoms with E-state index in [-0.39, 0.29) is 5.56 Å². The van der Waals surface area contributed by atoms with Crippen molar-refractivity contribution in [3.63, 3.8) is 0 Å². The number of aromatic carboxylic acids is 1. The Bertz CT molecular complexity index is 716. The molecule has 0 amide bonds. The lowest BCUT2D eigenvalue weighted by Crippen LogP contribution is -1.99. The molecular weight excluding hydrogens is 230 g/mol. The van der Waals surface area contributed by atoms with E-state index in [1.807, 2.05) is 6.07 Å². The van der Waals surface area contributed by atoms with Gasteiger partial charge in [-0.3, -0.25) is 4.98 Å². The third kappa shape index (κ3) is 1.62. The van der Waals surface area contributed by atoms with Gasteiger partial charge in [0.2, 0.25) is 0 Å². The highest BCUT2D eigenvalue weighted by Gasteiger charge is 2.06. The third-order valence-corrected chi connectivity index (χ3v) is 2.73. The second-order valence-corrected chi connectivity index (χ2v) is 3.84. The third-order valence-electron chi connectivity index (χ3n) is 2.73. The summed E-state index contributed by atoms with van der Waals surface area (Å²) in [6.07, 6.45) is 5.17. The largest absolute Gasteiger partial charge is 0.478 e. The van der Waals surface area contributed by atoms with Crippen LogP contribution in [0.1, 0.15) is 10.4 Å². The fourth-order valence-corrected chi connectivity index (χ4v) is 1.82.